The molecule has 2 atom stereocenters. The number of fused-ring (bicyclic) bond motifs is 1. The van der Waals surface area contributed by atoms with Crippen molar-refractivity contribution in [2.75, 3.05) is 23.0 Å². The Balaban J connectivity index is 1.67. The fourth-order valence-electron chi connectivity index (χ4n) is 4.66. The first kappa shape index (κ1) is 17.3. The van der Waals surface area contributed by atoms with Crippen molar-refractivity contribution in [3.8, 4) is 0 Å². The summed E-state index contributed by atoms with van der Waals surface area (Å²) in [6.45, 7) is 0.310. The third-order valence-electron chi connectivity index (χ3n) is 5.79. The predicted molar refractivity (Wildman–Crippen MR) is 98.7 cm³/mol. The topological polar surface area (TPSA) is 57.7 Å². The number of rotatable bonds is 2. The molecule has 5 nitrogen and oxygen atoms in total. The molecule has 0 unspecified atom stereocenters. The first-order valence-corrected chi connectivity index (χ1v) is 11.2. The minimum Gasteiger partial charge on any atom is -0.306 e. The summed E-state index contributed by atoms with van der Waals surface area (Å²) in [5.41, 5.74) is 0.741. The van der Waals surface area contributed by atoms with Crippen LogP contribution in [0.2, 0.25) is 5.02 Å². The Bertz CT molecular complexity index is 759. The van der Waals surface area contributed by atoms with E-state index in [2.05, 4.69) is 4.90 Å². The lowest BCUT2D eigenvalue weighted by molar-refractivity contribution is -0.124. The molecule has 0 bridgehead atoms. The second-order valence-corrected chi connectivity index (χ2v) is 10.0. The molecule has 2 heterocycles. The highest BCUT2D eigenvalue weighted by atomic mass is 35.5. The molecule has 0 aromatic heterocycles. The van der Waals surface area contributed by atoms with Crippen LogP contribution >= 0.6 is 11.6 Å². The second-order valence-electron chi connectivity index (χ2n) is 7.42. The number of carbonyl (C=O) groups is 1. The number of nitrogens with zero attached hydrogens (tertiary/aromatic N) is 2. The molecule has 0 spiro atoms. The Morgan fingerprint density at radius 3 is 2.28 bits per heavy atom. The molecular weight excluding hydrogens is 360 g/mol. The first-order chi connectivity index (χ1) is 11.9. The molecule has 1 aromatic rings. The molecular formula is C18H23ClN2O3S. The van der Waals surface area contributed by atoms with Crippen molar-refractivity contribution in [3.63, 3.8) is 0 Å². The van der Waals surface area contributed by atoms with Crippen LogP contribution in [-0.2, 0) is 14.6 Å². The number of piperazine rings is 1. The number of halogens is 1. The normalized spacial score (nSPS) is 30.4. The van der Waals surface area contributed by atoms with E-state index in [0.717, 1.165) is 18.5 Å². The number of hydrogen-bond donors (Lipinski definition) is 0. The van der Waals surface area contributed by atoms with Gasteiger partial charge in [-0.15, -0.1) is 0 Å². The molecule has 2 aliphatic heterocycles. The Labute approximate surface area is 153 Å². The van der Waals surface area contributed by atoms with E-state index < -0.39 is 9.84 Å². The lowest BCUT2D eigenvalue weighted by Gasteiger charge is -2.47. The van der Waals surface area contributed by atoms with Crippen molar-refractivity contribution in [3.05, 3.63) is 29.3 Å². The first-order valence-electron chi connectivity index (χ1n) is 8.98. The molecule has 0 N–H and O–H groups in total. The lowest BCUT2D eigenvalue weighted by atomic mass is 9.91. The Kier molecular flexibility index (Phi) is 4.54. The molecule has 1 aromatic carbocycles. The summed E-state index contributed by atoms with van der Waals surface area (Å²) >= 11 is 5.96. The number of carbonyl (C=O) groups excluding carboxylic acids is 1. The summed E-state index contributed by atoms with van der Waals surface area (Å²) in [6.07, 6.45) is 5.71. The zero-order chi connectivity index (χ0) is 17.6. The van der Waals surface area contributed by atoms with Crippen LogP contribution in [0.3, 0.4) is 0 Å². The summed E-state index contributed by atoms with van der Waals surface area (Å²) in [5, 5.41) is 0.604. The highest BCUT2D eigenvalue weighted by molar-refractivity contribution is 7.91. The zero-order valence-electron chi connectivity index (χ0n) is 14.1. The molecule has 3 aliphatic rings. The van der Waals surface area contributed by atoms with Crippen LogP contribution in [0.15, 0.2) is 24.3 Å². The minimum atomic E-state index is -3.13. The smallest absolute Gasteiger partial charge is 0.241 e. The highest BCUT2D eigenvalue weighted by Crippen LogP contribution is 2.35. The van der Waals surface area contributed by atoms with Gasteiger partial charge >= 0.3 is 0 Å². The van der Waals surface area contributed by atoms with Crippen molar-refractivity contribution in [2.24, 2.45) is 0 Å². The number of anilines is 1. The van der Waals surface area contributed by atoms with Crippen LogP contribution in [0.1, 0.15) is 32.1 Å². The maximum Gasteiger partial charge on any atom is 0.241 e. The van der Waals surface area contributed by atoms with Crippen molar-refractivity contribution in [1.82, 2.24) is 4.90 Å². The standard InChI is InChI=1S/C18H23ClN2O3S/c19-13-6-8-15(9-7-13)21-17-12-25(23,24)11-16(17)20(10-18(21)22)14-4-2-1-3-5-14/h6-9,14,16-17H,1-5,10-12H2/t16-,17-/m0/s1. The van der Waals surface area contributed by atoms with Gasteiger partial charge in [0, 0.05) is 22.8 Å². The Morgan fingerprint density at radius 1 is 0.960 bits per heavy atom. The Morgan fingerprint density at radius 2 is 1.60 bits per heavy atom. The summed E-state index contributed by atoms with van der Waals surface area (Å²) < 4.78 is 24.8. The van der Waals surface area contributed by atoms with E-state index >= 15 is 0 Å². The molecule has 2 saturated heterocycles. The molecule has 25 heavy (non-hydrogen) atoms. The van der Waals surface area contributed by atoms with Gasteiger partial charge in [0.15, 0.2) is 9.84 Å². The van der Waals surface area contributed by atoms with Gasteiger partial charge in [0.25, 0.3) is 0 Å². The van der Waals surface area contributed by atoms with Crippen LogP contribution in [0, 0.1) is 0 Å². The van der Waals surface area contributed by atoms with Crippen LogP contribution in [-0.4, -0.2) is 55.4 Å². The van der Waals surface area contributed by atoms with Gasteiger partial charge in [0.1, 0.15) is 0 Å². The van der Waals surface area contributed by atoms with Crippen LogP contribution in [0.5, 0.6) is 0 Å². The van der Waals surface area contributed by atoms with E-state index in [1.54, 1.807) is 29.2 Å². The van der Waals surface area contributed by atoms with Gasteiger partial charge in [0.2, 0.25) is 5.91 Å². The number of benzene rings is 1. The fourth-order valence-corrected chi connectivity index (χ4v) is 6.75. The van der Waals surface area contributed by atoms with Crippen molar-refractivity contribution >= 4 is 33.0 Å². The molecule has 136 valence electrons. The van der Waals surface area contributed by atoms with Crippen LogP contribution in [0.4, 0.5) is 5.69 Å². The van der Waals surface area contributed by atoms with Gasteiger partial charge < -0.3 is 4.90 Å². The highest BCUT2D eigenvalue weighted by Gasteiger charge is 2.51. The quantitative estimate of drug-likeness (QED) is 0.788. The maximum atomic E-state index is 12.9. The molecule has 1 amide bonds. The van der Waals surface area contributed by atoms with Crippen molar-refractivity contribution in [2.45, 2.75) is 50.2 Å². The van der Waals surface area contributed by atoms with Gasteiger partial charge in [-0.05, 0) is 37.1 Å². The van der Waals surface area contributed by atoms with Crippen LogP contribution in [0.25, 0.3) is 0 Å². The molecule has 0 radical (unpaired) electrons. The number of hydrogen-bond acceptors (Lipinski definition) is 4. The average Bonchev–Trinajstić information content (AvgIpc) is 2.91. The lowest BCUT2D eigenvalue weighted by Crippen LogP contribution is -2.64. The molecule has 7 heteroatoms. The third kappa shape index (κ3) is 3.32. The second kappa shape index (κ2) is 6.56. The van der Waals surface area contributed by atoms with E-state index in [4.69, 9.17) is 11.6 Å². The monoisotopic (exact) mass is 382 g/mol. The molecule has 4 rings (SSSR count). The molecule has 3 fully saturated rings. The number of amides is 1. The van der Waals surface area contributed by atoms with Gasteiger partial charge in [-0.2, -0.15) is 0 Å². The predicted octanol–water partition coefficient (Wildman–Crippen LogP) is 2.49. The summed E-state index contributed by atoms with van der Waals surface area (Å²) in [5.74, 6) is 0.201. The van der Waals surface area contributed by atoms with Gasteiger partial charge in [-0.3, -0.25) is 9.69 Å². The van der Waals surface area contributed by atoms with Crippen LogP contribution < -0.4 is 4.90 Å². The third-order valence-corrected chi connectivity index (χ3v) is 7.74. The van der Waals surface area contributed by atoms with E-state index in [1.165, 1.54) is 19.3 Å². The fraction of sp³-hybridized carbons (Fsp3) is 0.611. The zero-order valence-corrected chi connectivity index (χ0v) is 15.7. The van der Waals surface area contributed by atoms with Gasteiger partial charge in [-0.25, -0.2) is 8.42 Å². The van der Waals surface area contributed by atoms with E-state index in [-0.39, 0.29) is 29.5 Å². The Hall–Kier alpha value is -1.11. The van der Waals surface area contributed by atoms with E-state index in [9.17, 15) is 13.2 Å². The van der Waals surface area contributed by atoms with Gasteiger partial charge in [0.05, 0.1) is 24.1 Å². The maximum absolute atomic E-state index is 12.9. The summed E-state index contributed by atoms with van der Waals surface area (Å²) in [7, 11) is -3.13. The van der Waals surface area contributed by atoms with E-state index in [1.807, 2.05) is 0 Å². The summed E-state index contributed by atoms with van der Waals surface area (Å²) in [6, 6.07) is 7.05. The summed E-state index contributed by atoms with van der Waals surface area (Å²) in [4.78, 5) is 16.8. The largest absolute Gasteiger partial charge is 0.306 e. The minimum absolute atomic E-state index is 0.00811. The van der Waals surface area contributed by atoms with Crippen molar-refractivity contribution < 1.29 is 13.2 Å². The molecule has 1 saturated carbocycles. The average molecular weight is 383 g/mol. The van der Waals surface area contributed by atoms with Crippen molar-refractivity contribution in [1.29, 1.82) is 0 Å². The van der Waals surface area contributed by atoms with Gasteiger partial charge in [-0.1, -0.05) is 30.9 Å². The molecule has 1 aliphatic carbocycles. The van der Waals surface area contributed by atoms with E-state index in [0.29, 0.717) is 17.6 Å². The number of sulfone groups is 1. The SMILES string of the molecule is O=C1CN(C2CCCCC2)[C@H]2CS(=O)(=O)C[C@@H]2N1c1ccc(Cl)cc1.